The van der Waals surface area contributed by atoms with Crippen LogP contribution in [-0.2, 0) is 6.61 Å². The summed E-state index contributed by atoms with van der Waals surface area (Å²) in [6.07, 6.45) is 0. The van der Waals surface area contributed by atoms with E-state index in [9.17, 15) is 5.11 Å². The normalized spacial score (nSPS) is 10.1. The Bertz CT molecular complexity index is 538. The van der Waals surface area contributed by atoms with Crippen LogP contribution in [0.3, 0.4) is 0 Å². The fourth-order valence-electron chi connectivity index (χ4n) is 1.47. The molecule has 2 aromatic rings. The molecule has 1 aromatic heterocycles. The topological polar surface area (TPSA) is 73.7 Å². The van der Waals surface area contributed by atoms with Crippen LogP contribution >= 0.6 is 0 Å². The summed E-state index contributed by atoms with van der Waals surface area (Å²) < 4.78 is 15.6. The number of ether oxygens (including phenoxy) is 3. The molecule has 19 heavy (non-hydrogen) atoms. The first-order chi connectivity index (χ1) is 9.26. The number of aliphatic hydroxyl groups excluding tert-OH is 1. The van der Waals surface area contributed by atoms with E-state index in [4.69, 9.17) is 14.2 Å². The molecule has 0 aliphatic carbocycles. The number of para-hydroxylation sites is 1. The van der Waals surface area contributed by atoms with Gasteiger partial charge in [-0.1, -0.05) is 18.2 Å². The maximum absolute atomic E-state index is 9.23. The van der Waals surface area contributed by atoms with Gasteiger partial charge in [-0.15, -0.1) is 0 Å². The Labute approximate surface area is 110 Å². The van der Waals surface area contributed by atoms with Crippen LogP contribution in [0, 0.1) is 0 Å². The summed E-state index contributed by atoms with van der Waals surface area (Å²) in [5, 5.41) is 9.23. The van der Waals surface area contributed by atoms with Gasteiger partial charge in [-0.2, -0.15) is 9.97 Å². The van der Waals surface area contributed by atoms with E-state index in [1.807, 2.05) is 6.07 Å². The Kier molecular flexibility index (Phi) is 4.15. The Morgan fingerprint density at radius 1 is 1.05 bits per heavy atom. The number of hydrogen-bond acceptors (Lipinski definition) is 6. The lowest BCUT2D eigenvalue weighted by molar-refractivity contribution is 0.274. The second kappa shape index (κ2) is 6.01. The van der Waals surface area contributed by atoms with Gasteiger partial charge < -0.3 is 19.3 Å². The minimum absolute atomic E-state index is 0.0945. The minimum atomic E-state index is -0.128. The van der Waals surface area contributed by atoms with Gasteiger partial charge in [-0.05, 0) is 6.07 Å². The van der Waals surface area contributed by atoms with Crippen LogP contribution in [-0.4, -0.2) is 29.3 Å². The monoisotopic (exact) mass is 262 g/mol. The van der Waals surface area contributed by atoms with E-state index in [1.165, 1.54) is 14.2 Å². The Hall–Kier alpha value is -2.34. The van der Waals surface area contributed by atoms with Gasteiger partial charge in [-0.25, -0.2) is 0 Å². The third-order valence-corrected chi connectivity index (χ3v) is 2.42. The zero-order valence-corrected chi connectivity index (χ0v) is 10.7. The van der Waals surface area contributed by atoms with Crippen molar-refractivity contribution in [1.82, 2.24) is 9.97 Å². The maximum atomic E-state index is 9.23. The van der Waals surface area contributed by atoms with Gasteiger partial charge in [0.2, 0.25) is 11.8 Å². The molecule has 0 saturated heterocycles. The minimum Gasteiger partial charge on any atom is -0.481 e. The number of benzene rings is 1. The summed E-state index contributed by atoms with van der Waals surface area (Å²) in [4.78, 5) is 8.11. The fraction of sp³-hybridized carbons (Fsp3) is 0.231. The number of aromatic nitrogens is 2. The van der Waals surface area contributed by atoms with Crippen molar-refractivity contribution < 1.29 is 19.3 Å². The molecule has 0 amide bonds. The molecule has 0 saturated carbocycles. The molecule has 1 aromatic carbocycles. The predicted molar refractivity (Wildman–Crippen MR) is 67.6 cm³/mol. The summed E-state index contributed by atoms with van der Waals surface area (Å²) in [5.74, 6) is 1.16. The van der Waals surface area contributed by atoms with Crippen LogP contribution in [0.4, 0.5) is 0 Å². The molecule has 0 atom stereocenters. The summed E-state index contributed by atoms with van der Waals surface area (Å²) in [5.41, 5.74) is 0.646. The number of aliphatic hydroxyl groups is 1. The van der Waals surface area contributed by atoms with Gasteiger partial charge in [0, 0.05) is 5.56 Å². The number of nitrogens with zero attached hydrogens (tertiary/aromatic N) is 2. The molecule has 1 heterocycles. The lowest BCUT2D eigenvalue weighted by Crippen LogP contribution is -1.99. The van der Waals surface area contributed by atoms with Crippen molar-refractivity contribution >= 4 is 0 Å². The molecular formula is C13H14N2O4. The highest BCUT2D eigenvalue weighted by atomic mass is 16.5. The van der Waals surface area contributed by atoms with Crippen molar-refractivity contribution in [2.75, 3.05) is 14.2 Å². The molecule has 0 fully saturated rings. The quantitative estimate of drug-likeness (QED) is 0.885. The average molecular weight is 262 g/mol. The Balaban J connectivity index is 2.32. The van der Waals surface area contributed by atoms with Crippen molar-refractivity contribution in [3.63, 3.8) is 0 Å². The molecule has 1 N–H and O–H groups in total. The highest BCUT2D eigenvalue weighted by Crippen LogP contribution is 2.26. The van der Waals surface area contributed by atoms with E-state index in [-0.39, 0.29) is 12.6 Å². The van der Waals surface area contributed by atoms with Crippen LogP contribution in [0.25, 0.3) is 0 Å². The molecular weight excluding hydrogens is 248 g/mol. The molecule has 0 spiro atoms. The van der Waals surface area contributed by atoms with Crippen LogP contribution in [0.2, 0.25) is 0 Å². The van der Waals surface area contributed by atoms with E-state index in [0.717, 1.165) is 0 Å². The first-order valence-electron chi connectivity index (χ1n) is 5.60. The molecule has 0 unspecified atom stereocenters. The second-order valence-corrected chi connectivity index (χ2v) is 3.60. The van der Waals surface area contributed by atoms with Gasteiger partial charge in [0.25, 0.3) is 0 Å². The van der Waals surface area contributed by atoms with Crippen molar-refractivity contribution in [2.24, 2.45) is 0 Å². The number of methoxy groups -OCH3 is 2. The molecule has 6 heteroatoms. The largest absolute Gasteiger partial charge is 0.481 e. The van der Waals surface area contributed by atoms with E-state index in [0.29, 0.717) is 23.1 Å². The lowest BCUT2D eigenvalue weighted by Gasteiger charge is -2.09. The van der Waals surface area contributed by atoms with Crippen molar-refractivity contribution in [1.29, 1.82) is 0 Å². The first kappa shape index (κ1) is 13.1. The van der Waals surface area contributed by atoms with Gasteiger partial charge in [-0.3, -0.25) is 0 Å². The maximum Gasteiger partial charge on any atom is 0.328 e. The standard InChI is InChI=1S/C13H14N2O4/c1-17-11-7-12(18-2)15-13(14-11)19-10-6-4-3-5-9(10)8-16/h3-7,16H,8H2,1-2H3. The van der Waals surface area contributed by atoms with E-state index < -0.39 is 0 Å². The molecule has 100 valence electrons. The molecule has 6 nitrogen and oxygen atoms in total. The van der Waals surface area contributed by atoms with Crippen LogP contribution in [0.15, 0.2) is 30.3 Å². The Morgan fingerprint density at radius 3 is 2.26 bits per heavy atom. The molecule has 0 aliphatic heterocycles. The van der Waals surface area contributed by atoms with E-state index in [2.05, 4.69) is 9.97 Å². The average Bonchev–Trinajstić information content (AvgIpc) is 2.47. The van der Waals surface area contributed by atoms with Crippen LogP contribution < -0.4 is 14.2 Å². The highest BCUT2D eigenvalue weighted by Gasteiger charge is 2.09. The van der Waals surface area contributed by atoms with E-state index in [1.54, 1.807) is 24.3 Å². The zero-order chi connectivity index (χ0) is 13.7. The first-order valence-corrected chi connectivity index (χ1v) is 5.60. The SMILES string of the molecule is COc1cc(OC)nc(Oc2ccccc2CO)n1. The van der Waals surface area contributed by atoms with Crippen molar-refractivity contribution in [3.05, 3.63) is 35.9 Å². The molecule has 0 aliphatic rings. The highest BCUT2D eigenvalue weighted by molar-refractivity contribution is 5.35. The third-order valence-electron chi connectivity index (χ3n) is 2.42. The Morgan fingerprint density at radius 2 is 1.68 bits per heavy atom. The van der Waals surface area contributed by atoms with Crippen LogP contribution in [0.1, 0.15) is 5.56 Å². The summed E-state index contributed by atoms with van der Waals surface area (Å²) in [6, 6.07) is 8.73. The van der Waals surface area contributed by atoms with Gasteiger partial charge in [0.05, 0.1) is 26.9 Å². The second-order valence-electron chi connectivity index (χ2n) is 3.60. The number of hydrogen-bond donors (Lipinski definition) is 1. The summed E-state index contributed by atoms with van der Waals surface area (Å²) >= 11 is 0. The summed E-state index contributed by atoms with van der Waals surface area (Å²) in [7, 11) is 2.99. The van der Waals surface area contributed by atoms with Crippen LogP contribution in [0.5, 0.6) is 23.5 Å². The lowest BCUT2D eigenvalue weighted by atomic mass is 10.2. The summed E-state index contributed by atoms with van der Waals surface area (Å²) in [6.45, 7) is -0.128. The molecule has 2 rings (SSSR count). The zero-order valence-electron chi connectivity index (χ0n) is 10.7. The van der Waals surface area contributed by atoms with Gasteiger partial charge in [0.15, 0.2) is 0 Å². The predicted octanol–water partition coefficient (Wildman–Crippen LogP) is 1.78. The van der Waals surface area contributed by atoms with Crippen molar-refractivity contribution in [3.8, 4) is 23.5 Å². The van der Waals surface area contributed by atoms with E-state index >= 15 is 0 Å². The van der Waals surface area contributed by atoms with Gasteiger partial charge >= 0.3 is 6.01 Å². The fourth-order valence-corrected chi connectivity index (χ4v) is 1.47. The molecule has 0 radical (unpaired) electrons. The molecule has 0 bridgehead atoms. The third kappa shape index (κ3) is 3.11. The smallest absolute Gasteiger partial charge is 0.328 e. The van der Waals surface area contributed by atoms with Crippen molar-refractivity contribution in [2.45, 2.75) is 6.61 Å². The number of rotatable bonds is 5. The van der Waals surface area contributed by atoms with Gasteiger partial charge in [0.1, 0.15) is 5.75 Å².